The van der Waals surface area contributed by atoms with Crippen molar-refractivity contribution in [3.63, 3.8) is 0 Å². The van der Waals surface area contributed by atoms with Crippen LogP contribution in [0.2, 0.25) is 0 Å². The van der Waals surface area contributed by atoms with Gasteiger partial charge in [0.05, 0.1) is 17.6 Å². The number of nitro groups is 1. The molecule has 1 aromatic rings. The third kappa shape index (κ3) is 2.51. The summed E-state index contributed by atoms with van der Waals surface area (Å²) in [5.74, 6) is 0.622. The smallest absolute Gasteiger partial charge is 0.311 e. The van der Waals surface area contributed by atoms with Crippen molar-refractivity contribution in [2.45, 2.75) is 19.4 Å². The van der Waals surface area contributed by atoms with E-state index in [-0.39, 0.29) is 17.6 Å². The van der Waals surface area contributed by atoms with Crippen LogP contribution in [0.15, 0.2) is 12.1 Å². The zero-order valence-electron chi connectivity index (χ0n) is 10.2. The molecule has 1 aliphatic heterocycles. The van der Waals surface area contributed by atoms with Crippen molar-refractivity contribution >= 4 is 17.3 Å². The van der Waals surface area contributed by atoms with Crippen LogP contribution in [0.3, 0.4) is 0 Å². The Kier molecular flexibility index (Phi) is 3.61. The van der Waals surface area contributed by atoms with Gasteiger partial charge >= 0.3 is 5.69 Å². The molecule has 0 aliphatic carbocycles. The molecule has 1 atom stereocenters. The number of nitrogens with two attached hydrogens (primary N) is 1. The van der Waals surface area contributed by atoms with Crippen LogP contribution in [0.5, 0.6) is 0 Å². The lowest BCUT2D eigenvalue weighted by atomic mass is 10.2. The Morgan fingerprint density at radius 3 is 3.11 bits per heavy atom. The summed E-state index contributed by atoms with van der Waals surface area (Å²) in [6.07, 6.45) is 0.952. The molecule has 0 amide bonds. The monoisotopic (exact) mass is 252 g/mol. The van der Waals surface area contributed by atoms with E-state index < -0.39 is 4.92 Å². The van der Waals surface area contributed by atoms with Gasteiger partial charge < -0.3 is 15.4 Å². The molecule has 0 radical (unpaired) electrons. The van der Waals surface area contributed by atoms with E-state index in [1.807, 2.05) is 11.8 Å². The maximum Gasteiger partial charge on any atom is 0.311 e. The Bertz CT molecular complexity index is 452. The molecule has 1 saturated heterocycles. The van der Waals surface area contributed by atoms with E-state index in [1.54, 1.807) is 0 Å². The average molecular weight is 252 g/mol. The summed E-state index contributed by atoms with van der Waals surface area (Å²) < 4.78 is 5.54. The Morgan fingerprint density at radius 1 is 1.67 bits per heavy atom. The molecule has 7 heteroatoms. The highest BCUT2D eigenvalue weighted by atomic mass is 16.6. The van der Waals surface area contributed by atoms with E-state index in [0.29, 0.717) is 25.5 Å². The van der Waals surface area contributed by atoms with E-state index in [0.717, 1.165) is 6.42 Å². The van der Waals surface area contributed by atoms with Gasteiger partial charge in [-0.1, -0.05) is 6.92 Å². The molecule has 0 saturated carbocycles. The molecule has 7 nitrogen and oxygen atoms in total. The van der Waals surface area contributed by atoms with Gasteiger partial charge in [0.1, 0.15) is 5.82 Å². The minimum absolute atomic E-state index is 0.0130. The fourth-order valence-corrected chi connectivity index (χ4v) is 1.99. The second-order valence-electron chi connectivity index (χ2n) is 4.18. The highest BCUT2D eigenvalue weighted by Crippen LogP contribution is 2.28. The number of morpholine rings is 1. The number of nitrogen functional groups attached to an aromatic ring is 1. The van der Waals surface area contributed by atoms with Crippen LogP contribution in [0.25, 0.3) is 0 Å². The number of ether oxygens (including phenoxy) is 1. The molecule has 1 unspecified atom stereocenters. The van der Waals surface area contributed by atoms with Crippen LogP contribution < -0.4 is 10.6 Å². The summed E-state index contributed by atoms with van der Waals surface area (Å²) in [5.41, 5.74) is 5.60. The Labute approximate surface area is 105 Å². The van der Waals surface area contributed by atoms with Crippen molar-refractivity contribution in [2.75, 3.05) is 30.3 Å². The first kappa shape index (κ1) is 12.6. The SMILES string of the molecule is CCC1CN(c2nc(N)ccc2[N+](=O)[O-])CCO1. The van der Waals surface area contributed by atoms with Gasteiger partial charge in [0.15, 0.2) is 0 Å². The normalized spacial score (nSPS) is 19.8. The standard InChI is InChI=1S/C11H16N4O3/c1-2-8-7-14(5-6-18-8)11-9(15(16)17)3-4-10(12)13-11/h3-4,8H,2,5-7H2,1H3,(H2,12,13). The summed E-state index contributed by atoms with van der Waals surface area (Å²) in [6.45, 7) is 3.77. The van der Waals surface area contributed by atoms with E-state index in [9.17, 15) is 10.1 Å². The molecule has 18 heavy (non-hydrogen) atoms. The molecule has 1 aliphatic rings. The van der Waals surface area contributed by atoms with Crippen molar-refractivity contribution in [2.24, 2.45) is 0 Å². The first-order chi connectivity index (χ1) is 8.61. The van der Waals surface area contributed by atoms with E-state index in [2.05, 4.69) is 4.98 Å². The van der Waals surface area contributed by atoms with Gasteiger partial charge in [0, 0.05) is 19.2 Å². The fourth-order valence-electron chi connectivity index (χ4n) is 1.99. The molecule has 2 heterocycles. The van der Waals surface area contributed by atoms with Crippen molar-refractivity contribution < 1.29 is 9.66 Å². The molecule has 0 spiro atoms. The predicted molar refractivity (Wildman–Crippen MR) is 67.5 cm³/mol. The van der Waals surface area contributed by atoms with Crippen LogP contribution in [-0.2, 0) is 4.74 Å². The van der Waals surface area contributed by atoms with Crippen molar-refractivity contribution in [1.82, 2.24) is 4.98 Å². The Balaban J connectivity index is 2.31. The maximum atomic E-state index is 11.0. The molecule has 98 valence electrons. The number of aromatic nitrogens is 1. The van der Waals surface area contributed by atoms with Crippen LogP contribution in [-0.4, -0.2) is 35.7 Å². The van der Waals surface area contributed by atoms with Crippen molar-refractivity contribution in [3.05, 3.63) is 22.2 Å². The summed E-state index contributed by atoms with van der Waals surface area (Å²) >= 11 is 0. The minimum Gasteiger partial charge on any atom is -0.384 e. The topological polar surface area (TPSA) is 94.5 Å². The Hall–Kier alpha value is -1.89. The van der Waals surface area contributed by atoms with Gasteiger partial charge in [-0.3, -0.25) is 10.1 Å². The number of rotatable bonds is 3. The summed E-state index contributed by atoms with van der Waals surface area (Å²) in [6, 6.07) is 2.84. The summed E-state index contributed by atoms with van der Waals surface area (Å²) in [7, 11) is 0. The molecule has 1 aromatic heterocycles. The number of hydrogen-bond acceptors (Lipinski definition) is 6. The van der Waals surface area contributed by atoms with Crippen LogP contribution in [0.1, 0.15) is 13.3 Å². The lowest BCUT2D eigenvalue weighted by Gasteiger charge is -2.32. The van der Waals surface area contributed by atoms with E-state index >= 15 is 0 Å². The van der Waals surface area contributed by atoms with Crippen LogP contribution in [0.4, 0.5) is 17.3 Å². The van der Waals surface area contributed by atoms with Crippen molar-refractivity contribution in [1.29, 1.82) is 0 Å². The van der Waals surface area contributed by atoms with Crippen LogP contribution >= 0.6 is 0 Å². The number of anilines is 2. The predicted octanol–water partition coefficient (Wildman–Crippen LogP) is 1.19. The highest BCUT2D eigenvalue weighted by molar-refractivity contribution is 5.61. The lowest BCUT2D eigenvalue weighted by molar-refractivity contribution is -0.384. The largest absolute Gasteiger partial charge is 0.384 e. The number of pyridine rings is 1. The average Bonchev–Trinajstić information content (AvgIpc) is 2.38. The van der Waals surface area contributed by atoms with Crippen molar-refractivity contribution in [3.8, 4) is 0 Å². The molecule has 0 bridgehead atoms. The van der Waals surface area contributed by atoms with Gasteiger partial charge in [-0.15, -0.1) is 0 Å². The molecular formula is C11H16N4O3. The third-order valence-electron chi connectivity index (χ3n) is 2.97. The van der Waals surface area contributed by atoms with Gasteiger partial charge in [-0.05, 0) is 12.5 Å². The minimum atomic E-state index is -0.432. The third-order valence-corrected chi connectivity index (χ3v) is 2.97. The highest BCUT2D eigenvalue weighted by Gasteiger charge is 2.26. The molecule has 0 aromatic carbocycles. The maximum absolute atomic E-state index is 11.0. The lowest BCUT2D eigenvalue weighted by Crippen LogP contribution is -2.42. The quantitative estimate of drug-likeness (QED) is 0.641. The van der Waals surface area contributed by atoms with Gasteiger partial charge in [0.2, 0.25) is 5.82 Å². The molecular weight excluding hydrogens is 236 g/mol. The molecule has 2 rings (SSSR count). The zero-order valence-corrected chi connectivity index (χ0v) is 10.2. The second kappa shape index (κ2) is 5.18. The van der Waals surface area contributed by atoms with E-state index in [4.69, 9.17) is 10.5 Å². The molecule has 2 N–H and O–H groups in total. The first-order valence-corrected chi connectivity index (χ1v) is 5.89. The summed E-state index contributed by atoms with van der Waals surface area (Å²) in [5, 5.41) is 11.0. The van der Waals surface area contributed by atoms with E-state index in [1.165, 1.54) is 12.1 Å². The Morgan fingerprint density at radius 2 is 2.44 bits per heavy atom. The first-order valence-electron chi connectivity index (χ1n) is 5.89. The van der Waals surface area contributed by atoms with Crippen LogP contribution in [0, 0.1) is 10.1 Å². The molecule has 1 fully saturated rings. The number of hydrogen-bond donors (Lipinski definition) is 1. The fraction of sp³-hybridized carbons (Fsp3) is 0.545. The number of nitrogens with zero attached hydrogens (tertiary/aromatic N) is 3. The van der Waals surface area contributed by atoms with Gasteiger partial charge in [-0.25, -0.2) is 4.98 Å². The van der Waals surface area contributed by atoms with Gasteiger partial charge in [0.25, 0.3) is 0 Å². The van der Waals surface area contributed by atoms with Gasteiger partial charge in [-0.2, -0.15) is 0 Å². The second-order valence-corrected chi connectivity index (χ2v) is 4.18. The summed E-state index contributed by atoms with van der Waals surface area (Å²) in [4.78, 5) is 16.5. The zero-order chi connectivity index (χ0) is 13.1.